The molecule has 0 saturated carbocycles. The Morgan fingerprint density at radius 2 is 1.33 bits per heavy atom. The molecule has 0 unspecified atom stereocenters. The monoisotopic (exact) mass is 653 g/mol. The maximum absolute atomic E-state index is 10.7. The average molecular weight is 653 g/mol. The van der Waals surface area contributed by atoms with Crippen LogP contribution in [0.25, 0.3) is 0 Å². The van der Waals surface area contributed by atoms with E-state index >= 15 is 0 Å². The summed E-state index contributed by atoms with van der Waals surface area (Å²) in [5, 5.41) is 0. The Morgan fingerprint density at radius 1 is 1.11 bits per heavy atom. The van der Waals surface area contributed by atoms with E-state index in [4.69, 9.17) is 14.2 Å². The van der Waals surface area contributed by atoms with Crippen LogP contribution in [0.4, 0.5) is 9.57 Å². The van der Waals surface area contributed by atoms with E-state index < -0.39 is 10.2 Å². The molecule has 108 valence electrons. The predicted octanol–water partition coefficient (Wildman–Crippen LogP) is 4.87. The minimum atomic E-state index is -4.17. The van der Waals surface area contributed by atoms with Crippen molar-refractivity contribution in [3.8, 4) is 0 Å². The first-order chi connectivity index (χ1) is 8.13. The number of para-hydroxylation sites is 1. The second kappa shape index (κ2) is 16.7. The zero-order valence-corrected chi connectivity index (χ0v) is 18.8. The van der Waals surface area contributed by atoms with Gasteiger partial charge in [0.2, 0.25) is 0 Å². The zero-order valence-electron chi connectivity index (χ0n) is 10.1. The Balaban J connectivity index is -0.000000183. The van der Waals surface area contributed by atoms with Crippen molar-refractivity contribution < 1.29 is 17.2 Å². The zero-order chi connectivity index (χ0) is 15.2. The first-order valence-corrected chi connectivity index (χ1v) is 19.9. The van der Waals surface area contributed by atoms with Gasteiger partial charge in [-0.15, -0.1) is 3.89 Å². The molecule has 0 aliphatic carbocycles. The van der Waals surface area contributed by atoms with Crippen molar-refractivity contribution in [1.82, 2.24) is 0 Å². The Bertz CT molecular complexity index is 355. The number of halogens is 4. The van der Waals surface area contributed by atoms with Crippen LogP contribution in [0.5, 0.6) is 0 Å². The molecule has 18 heavy (non-hydrogen) atoms. The van der Waals surface area contributed by atoms with Gasteiger partial charge < -0.3 is 5.73 Å². The summed E-state index contributed by atoms with van der Waals surface area (Å²) >= 11 is 7.39. The molecule has 0 atom stereocenters. The molecule has 0 saturated heterocycles. The molecule has 1 rings (SSSR count). The van der Waals surface area contributed by atoms with Gasteiger partial charge in [0.1, 0.15) is 0 Å². The fraction of sp³-hybridized carbons (Fsp3) is 0.333. The Kier molecular flexibility index (Phi) is 22.9. The molecule has 0 bridgehead atoms. The van der Waals surface area contributed by atoms with Crippen LogP contribution in [0.15, 0.2) is 30.3 Å². The summed E-state index contributed by atoms with van der Waals surface area (Å²) in [4.78, 5) is -0.278. The van der Waals surface area contributed by atoms with Gasteiger partial charge in [0.25, 0.3) is 10.2 Å². The van der Waals surface area contributed by atoms with Crippen molar-refractivity contribution >= 4 is 75.8 Å². The second-order valence-electron chi connectivity index (χ2n) is 2.28. The fourth-order valence-corrected chi connectivity index (χ4v) is 0.453. The van der Waals surface area contributed by atoms with Gasteiger partial charge in [0, 0.05) is 5.69 Å². The van der Waals surface area contributed by atoms with Crippen LogP contribution in [-0.4, -0.2) is 14.7 Å². The van der Waals surface area contributed by atoms with Crippen molar-refractivity contribution in [2.45, 2.75) is 13.8 Å². The maximum atomic E-state index is 10.7. The van der Waals surface area contributed by atoms with Crippen LogP contribution in [0.1, 0.15) is 13.8 Å². The summed E-state index contributed by atoms with van der Waals surface area (Å²) in [5.74, 6) is 0. The summed E-state index contributed by atoms with van der Waals surface area (Å²) < 4.78 is 28.6. The third kappa shape index (κ3) is 52.5. The molecule has 0 heterocycles. The van der Waals surface area contributed by atoms with E-state index in [9.17, 15) is 3.89 Å². The van der Waals surface area contributed by atoms with E-state index in [0.717, 1.165) is 5.69 Å². The Morgan fingerprint density at radius 3 is 1.44 bits per heavy atom. The number of nitrogen functional groups attached to an aromatic ring is 1. The summed E-state index contributed by atoms with van der Waals surface area (Å²) in [6.07, 6.45) is 0.493. The number of anilines is 1. The Labute approximate surface area is 147 Å². The van der Waals surface area contributed by atoms with Crippen LogP contribution in [0, 0.1) is 0 Å². The van der Waals surface area contributed by atoms with Gasteiger partial charge in [-0.3, -0.25) is 0 Å². The third-order valence-electron chi connectivity index (χ3n) is 0.800. The Hall–Kier alpha value is 1.67. The molecule has 0 spiro atoms. The van der Waals surface area contributed by atoms with E-state index in [1.165, 1.54) is 0 Å². The molecule has 1 aromatic carbocycles. The van der Waals surface area contributed by atoms with Crippen LogP contribution in [0.2, 0.25) is 0 Å². The van der Waals surface area contributed by atoms with Crippen LogP contribution >= 0.6 is 59.9 Å². The summed E-state index contributed by atoms with van der Waals surface area (Å²) in [6, 6.07) is 9.49. The molecule has 0 radical (unpaired) electrons. The minimum absolute atomic E-state index is 0.278. The van der Waals surface area contributed by atoms with E-state index in [0.29, 0.717) is 6.26 Å². The number of hydrogen-bond acceptors (Lipinski definition) is 3. The summed E-state index contributed by atoms with van der Waals surface area (Å²) in [7, 11) is -4.17. The molecule has 2 N–H and O–H groups in total. The average Bonchev–Trinajstić information content (AvgIpc) is 2.18. The SMILES string of the molecule is CC.CS(=O)(=O)F.Nc1ccccc1.[I][V]([I])[I]. The number of hydrogen-bond donors (Lipinski definition) is 1. The molecule has 0 aliphatic heterocycles. The van der Waals surface area contributed by atoms with Crippen molar-refractivity contribution in [3.63, 3.8) is 0 Å². The number of nitrogens with two attached hydrogens (primary N) is 1. The molecule has 3 nitrogen and oxygen atoms in total. The van der Waals surface area contributed by atoms with E-state index in [2.05, 4.69) is 59.9 Å². The molecule has 0 aromatic heterocycles. The number of rotatable bonds is 0. The molecule has 9 heteroatoms. The van der Waals surface area contributed by atoms with Crippen LogP contribution in [-0.2, 0) is 15.1 Å². The quantitative estimate of drug-likeness (QED) is 0.248. The molecule has 0 fully saturated rings. The fourth-order valence-electron chi connectivity index (χ4n) is 0.453. The van der Waals surface area contributed by atoms with Gasteiger partial charge in [0.05, 0.1) is 6.26 Å². The molecule has 1 aromatic rings. The summed E-state index contributed by atoms with van der Waals surface area (Å²) in [6.45, 7) is 4.00. The third-order valence-corrected chi connectivity index (χ3v) is 0.800. The van der Waals surface area contributed by atoms with Gasteiger partial charge in [-0.1, -0.05) is 32.0 Å². The molecular formula is C9H16FI3NO2SV. The van der Waals surface area contributed by atoms with Gasteiger partial charge in [-0.05, 0) is 12.1 Å². The van der Waals surface area contributed by atoms with E-state index in [-0.39, 0.29) is 4.92 Å². The van der Waals surface area contributed by atoms with Crippen LogP contribution in [0.3, 0.4) is 0 Å². The van der Waals surface area contributed by atoms with Crippen molar-refractivity contribution in [2.24, 2.45) is 0 Å². The number of benzene rings is 1. The molecule has 0 aliphatic rings. The van der Waals surface area contributed by atoms with Crippen LogP contribution < -0.4 is 5.73 Å². The van der Waals surface area contributed by atoms with Gasteiger partial charge >= 0.3 is 64.9 Å². The van der Waals surface area contributed by atoms with Crippen molar-refractivity contribution in [1.29, 1.82) is 0 Å². The standard InChI is InChI=1S/C6H7N.C2H6.CH3FO2S.3HI.V/c7-6-4-2-1-3-5-6;1-2;1-5(2,3)4;;;;/h1-5H,7H2;1-2H3;1H3;3*1H;/q;;;;;;+3/p-3. The van der Waals surface area contributed by atoms with Crippen molar-refractivity contribution in [3.05, 3.63) is 30.3 Å². The predicted molar refractivity (Wildman–Crippen MR) is 100 cm³/mol. The molecule has 0 amide bonds. The van der Waals surface area contributed by atoms with Gasteiger partial charge in [-0.25, -0.2) is 0 Å². The van der Waals surface area contributed by atoms with E-state index in [1.807, 2.05) is 44.2 Å². The molecular weight excluding hydrogens is 637 g/mol. The van der Waals surface area contributed by atoms with Gasteiger partial charge in [-0.2, -0.15) is 8.42 Å². The normalized spacial score (nSPS) is 8.89. The summed E-state index contributed by atoms with van der Waals surface area (Å²) in [5.41, 5.74) is 6.18. The topological polar surface area (TPSA) is 60.2 Å². The first-order valence-electron chi connectivity index (χ1n) is 4.60. The van der Waals surface area contributed by atoms with Crippen molar-refractivity contribution in [2.75, 3.05) is 12.0 Å². The van der Waals surface area contributed by atoms with Gasteiger partial charge in [0.15, 0.2) is 0 Å². The second-order valence-corrected chi connectivity index (χ2v) is 39.0. The van der Waals surface area contributed by atoms with E-state index in [1.54, 1.807) is 0 Å². The first kappa shape index (κ1) is 24.7.